The van der Waals surface area contributed by atoms with Gasteiger partial charge in [0.05, 0.1) is 21.7 Å². The molecule has 2 aromatic rings. The Morgan fingerprint density at radius 1 is 1.25 bits per heavy atom. The molecule has 1 aromatic heterocycles. The smallest absolute Gasteiger partial charge is 0.376 e. The van der Waals surface area contributed by atoms with Gasteiger partial charge in [-0.05, 0) is 12.1 Å². The minimum absolute atomic E-state index is 0.105. The van der Waals surface area contributed by atoms with Crippen LogP contribution in [0.15, 0.2) is 18.3 Å². The predicted octanol–water partition coefficient (Wildman–Crippen LogP) is 5.38. The fourth-order valence-corrected chi connectivity index (χ4v) is 3.28. The van der Waals surface area contributed by atoms with E-state index in [1.54, 1.807) is 0 Å². The highest BCUT2D eigenvalue weighted by molar-refractivity contribution is 6.37. The highest BCUT2D eigenvalue weighted by Gasteiger charge is 2.48. The van der Waals surface area contributed by atoms with Crippen molar-refractivity contribution in [2.24, 2.45) is 0 Å². The van der Waals surface area contributed by atoms with E-state index in [2.05, 4.69) is 5.10 Å². The molecule has 3 rings (SSSR count). The van der Waals surface area contributed by atoms with Gasteiger partial charge in [-0.1, -0.05) is 23.2 Å². The number of methoxy groups -OCH3 is 1. The lowest BCUT2D eigenvalue weighted by atomic mass is 10.2. The highest BCUT2D eigenvalue weighted by Crippen LogP contribution is 2.48. The van der Waals surface area contributed by atoms with E-state index in [-0.39, 0.29) is 21.3 Å². The second-order valence-electron chi connectivity index (χ2n) is 5.30. The number of fused-ring (bicyclic) bond motifs is 1. The quantitative estimate of drug-likeness (QED) is 0.647. The Morgan fingerprint density at radius 3 is 2.33 bits per heavy atom. The number of aromatic nitrogens is 2. The van der Waals surface area contributed by atoms with Gasteiger partial charge < -0.3 is 4.74 Å². The first-order valence-corrected chi connectivity index (χ1v) is 7.37. The molecule has 0 N–H and O–H groups in total. The van der Waals surface area contributed by atoms with Crippen LogP contribution in [0.25, 0.3) is 5.69 Å². The van der Waals surface area contributed by atoms with Crippen LogP contribution in [0.3, 0.4) is 0 Å². The molecule has 0 fully saturated rings. The normalized spacial score (nSPS) is 19.6. The molecule has 1 heterocycles. The highest BCUT2D eigenvalue weighted by atomic mass is 35.5. The molecule has 1 aromatic carbocycles. The standard InChI is InChI=1S/C14H9Cl2F5N2O/c1-24-10-4-13(17,18)12-7(10)5-23(22-12)11-8(15)2-6(3-9(11)16)14(19,20)21/h2-3,5,10H,4H2,1H3. The molecule has 1 atom stereocenters. The second-order valence-corrected chi connectivity index (χ2v) is 6.11. The third-order valence-electron chi connectivity index (χ3n) is 3.74. The summed E-state index contributed by atoms with van der Waals surface area (Å²) in [4.78, 5) is 0. The number of halogens is 7. The zero-order chi connectivity index (χ0) is 17.9. The Kier molecular flexibility index (Phi) is 4.05. The first-order valence-electron chi connectivity index (χ1n) is 6.62. The van der Waals surface area contributed by atoms with Crippen molar-refractivity contribution in [2.75, 3.05) is 7.11 Å². The third kappa shape index (κ3) is 2.76. The number of hydrogen-bond acceptors (Lipinski definition) is 2. The minimum atomic E-state index is -4.63. The summed E-state index contributed by atoms with van der Waals surface area (Å²) in [6, 6.07) is 1.34. The van der Waals surface area contributed by atoms with Crippen molar-refractivity contribution in [3.63, 3.8) is 0 Å². The number of benzene rings is 1. The molecule has 0 amide bonds. The fourth-order valence-electron chi connectivity index (χ4n) is 2.62. The van der Waals surface area contributed by atoms with E-state index in [0.29, 0.717) is 12.1 Å². The van der Waals surface area contributed by atoms with Crippen LogP contribution in [0.4, 0.5) is 22.0 Å². The minimum Gasteiger partial charge on any atom is -0.376 e. The molecule has 1 unspecified atom stereocenters. The van der Waals surface area contributed by atoms with E-state index in [1.807, 2.05) is 0 Å². The zero-order valence-electron chi connectivity index (χ0n) is 12.0. The fraction of sp³-hybridized carbons (Fsp3) is 0.357. The van der Waals surface area contributed by atoms with Crippen LogP contribution in [-0.4, -0.2) is 16.9 Å². The molecule has 3 nitrogen and oxygen atoms in total. The van der Waals surface area contributed by atoms with Crippen LogP contribution in [-0.2, 0) is 16.8 Å². The summed E-state index contributed by atoms with van der Waals surface area (Å²) in [5.41, 5.74) is -1.50. The Bertz CT molecular complexity index is 780. The van der Waals surface area contributed by atoms with Crippen molar-refractivity contribution in [1.29, 1.82) is 0 Å². The maximum absolute atomic E-state index is 14.0. The van der Waals surface area contributed by atoms with Crippen LogP contribution < -0.4 is 0 Å². The summed E-state index contributed by atoms with van der Waals surface area (Å²) in [6.07, 6.45) is -4.80. The zero-order valence-corrected chi connectivity index (χ0v) is 13.5. The van der Waals surface area contributed by atoms with Crippen molar-refractivity contribution < 1.29 is 26.7 Å². The van der Waals surface area contributed by atoms with E-state index in [1.165, 1.54) is 13.3 Å². The molecule has 10 heteroatoms. The number of alkyl halides is 5. The molecule has 0 radical (unpaired) electrons. The SMILES string of the molecule is COC1CC(F)(F)c2nn(-c3c(Cl)cc(C(F)(F)F)cc3Cl)cc21. The number of rotatable bonds is 2. The number of hydrogen-bond donors (Lipinski definition) is 0. The lowest BCUT2D eigenvalue weighted by molar-refractivity contribution is -0.137. The summed E-state index contributed by atoms with van der Waals surface area (Å²) >= 11 is 11.8. The maximum atomic E-state index is 14.0. The molecule has 1 aliphatic carbocycles. The molecule has 0 spiro atoms. The molecule has 24 heavy (non-hydrogen) atoms. The van der Waals surface area contributed by atoms with E-state index in [4.69, 9.17) is 27.9 Å². The third-order valence-corrected chi connectivity index (χ3v) is 4.31. The van der Waals surface area contributed by atoms with Crippen molar-refractivity contribution in [2.45, 2.75) is 24.6 Å². The van der Waals surface area contributed by atoms with E-state index in [9.17, 15) is 22.0 Å². The van der Waals surface area contributed by atoms with Gasteiger partial charge in [0.15, 0.2) is 0 Å². The molecule has 130 valence electrons. The van der Waals surface area contributed by atoms with Gasteiger partial charge in [0.1, 0.15) is 11.4 Å². The monoisotopic (exact) mass is 386 g/mol. The van der Waals surface area contributed by atoms with E-state index in [0.717, 1.165) is 4.68 Å². The van der Waals surface area contributed by atoms with E-state index >= 15 is 0 Å². The van der Waals surface area contributed by atoms with Gasteiger partial charge in [-0.3, -0.25) is 0 Å². The van der Waals surface area contributed by atoms with Crippen LogP contribution in [0.5, 0.6) is 0 Å². The molecule has 0 bridgehead atoms. The Balaban J connectivity index is 2.12. The number of nitrogens with zero attached hydrogens (tertiary/aromatic N) is 2. The maximum Gasteiger partial charge on any atom is 0.416 e. The van der Waals surface area contributed by atoms with Gasteiger partial charge >= 0.3 is 6.18 Å². The summed E-state index contributed by atoms with van der Waals surface area (Å²) in [5.74, 6) is -3.20. The molecular weight excluding hydrogens is 378 g/mol. The summed E-state index contributed by atoms with van der Waals surface area (Å²) in [6.45, 7) is 0. The van der Waals surface area contributed by atoms with Gasteiger partial charge in [-0.25, -0.2) is 4.68 Å². The average Bonchev–Trinajstić information content (AvgIpc) is 2.97. The molecule has 0 saturated carbocycles. The van der Waals surface area contributed by atoms with Crippen LogP contribution in [0, 0.1) is 0 Å². The van der Waals surface area contributed by atoms with E-state index < -0.39 is 35.9 Å². The summed E-state index contributed by atoms with van der Waals surface area (Å²) in [5, 5.41) is 3.06. The first-order chi connectivity index (χ1) is 11.0. The molecule has 1 aliphatic rings. The van der Waals surface area contributed by atoms with Crippen molar-refractivity contribution in [3.05, 3.63) is 45.2 Å². The van der Waals surface area contributed by atoms with Crippen LogP contribution in [0.2, 0.25) is 10.0 Å². The van der Waals surface area contributed by atoms with Gasteiger partial charge in [0, 0.05) is 25.3 Å². The van der Waals surface area contributed by atoms with Crippen molar-refractivity contribution in [3.8, 4) is 5.69 Å². The van der Waals surface area contributed by atoms with Gasteiger partial charge in [0.2, 0.25) is 0 Å². The summed E-state index contributed by atoms with van der Waals surface area (Å²) < 4.78 is 72.1. The van der Waals surface area contributed by atoms with Gasteiger partial charge in [-0.15, -0.1) is 0 Å². The average molecular weight is 387 g/mol. The van der Waals surface area contributed by atoms with Crippen LogP contribution in [0.1, 0.15) is 29.3 Å². The second kappa shape index (κ2) is 5.57. The topological polar surface area (TPSA) is 27.1 Å². The van der Waals surface area contributed by atoms with Crippen LogP contribution >= 0.6 is 23.2 Å². The lowest BCUT2D eigenvalue weighted by Crippen LogP contribution is -2.12. The van der Waals surface area contributed by atoms with Crippen molar-refractivity contribution >= 4 is 23.2 Å². The molecular formula is C14H9Cl2F5N2O. The number of ether oxygens (including phenoxy) is 1. The van der Waals surface area contributed by atoms with Gasteiger partial charge in [0.25, 0.3) is 5.92 Å². The first kappa shape index (κ1) is 17.4. The predicted molar refractivity (Wildman–Crippen MR) is 76.8 cm³/mol. The van der Waals surface area contributed by atoms with Gasteiger partial charge in [-0.2, -0.15) is 27.1 Å². The largest absolute Gasteiger partial charge is 0.416 e. The Labute approximate surface area is 142 Å². The van der Waals surface area contributed by atoms with Crippen molar-refractivity contribution in [1.82, 2.24) is 9.78 Å². The molecule has 0 aliphatic heterocycles. The summed E-state index contributed by atoms with van der Waals surface area (Å²) in [7, 11) is 1.28. The molecule has 0 saturated heterocycles. The Morgan fingerprint density at radius 2 is 1.83 bits per heavy atom. The Hall–Kier alpha value is -1.38. The lowest BCUT2D eigenvalue weighted by Gasteiger charge is -2.14.